The molecule has 2 aromatic carbocycles. The lowest BCUT2D eigenvalue weighted by Gasteiger charge is -2.07. The quantitative estimate of drug-likeness (QED) is 0.650. The Morgan fingerprint density at radius 2 is 2.00 bits per heavy atom. The van der Waals surface area contributed by atoms with Gasteiger partial charge in [-0.3, -0.25) is 0 Å². The Morgan fingerprint density at radius 1 is 1.19 bits per heavy atom. The Kier molecular flexibility index (Phi) is 5.16. The summed E-state index contributed by atoms with van der Waals surface area (Å²) >= 11 is 1.13. The highest BCUT2D eigenvalue weighted by Gasteiger charge is 2.06. The van der Waals surface area contributed by atoms with Crippen LogP contribution in [0.2, 0.25) is 0 Å². The van der Waals surface area contributed by atoms with Crippen molar-refractivity contribution in [1.29, 1.82) is 0 Å². The summed E-state index contributed by atoms with van der Waals surface area (Å²) in [5.41, 5.74) is 0.135. The van der Waals surface area contributed by atoms with Crippen molar-refractivity contribution in [2.24, 2.45) is 0 Å². The Bertz CT molecular complexity index is 647. The second-order valence-electron chi connectivity index (χ2n) is 4.10. The van der Waals surface area contributed by atoms with Crippen molar-refractivity contribution >= 4 is 17.7 Å². The Labute approximate surface area is 124 Å². The number of hydrogen-bond donors (Lipinski definition) is 1. The highest BCUT2D eigenvalue weighted by Crippen LogP contribution is 2.23. The van der Waals surface area contributed by atoms with Crippen LogP contribution in [0.5, 0.6) is 5.75 Å². The molecule has 0 amide bonds. The number of thioether (sulfide) groups is 1. The summed E-state index contributed by atoms with van der Waals surface area (Å²) < 4.78 is 31.7. The summed E-state index contributed by atoms with van der Waals surface area (Å²) in [5.74, 6) is -1.16. The highest BCUT2D eigenvalue weighted by atomic mass is 32.2. The fourth-order valence-corrected chi connectivity index (χ4v) is 2.41. The van der Waals surface area contributed by atoms with Gasteiger partial charge in [-0.25, -0.2) is 13.6 Å². The van der Waals surface area contributed by atoms with Crippen molar-refractivity contribution in [3.63, 3.8) is 0 Å². The van der Waals surface area contributed by atoms with Crippen LogP contribution >= 0.6 is 11.8 Å². The zero-order chi connectivity index (χ0) is 15.2. The average Bonchev–Trinajstić information content (AvgIpc) is 2.47. The lowest BCUT2D eigenvalue weighted by atomic mass is 10.2. The number of halogens is 2. The predicted octanol–water partition coefficient (Wildman–Crippen LogP) is 3.83. The second kappa shape index (κ2) is 7.08. The maximum Gasteiger partial charge on any atom is 0.335 e. The van der Waals surface area contributed by atoms with Crippen LogP contribution < -0.4 is 4.74 Å². The van der Waals surface area contributed by atoms with Gasteiger partial charge in [-0.1, -0.05) is 6.07 Å². The second-order valence-corrected chi connectivity index (χ2v) is 5.24. The molecule has 0 fully saturated rings. The van der Waals surface area contributed by atoms with E-state index in [1.165, 1.54) is 12.1 Å². The molecule has 3 nitrogen and oxygen atoms in total. The van der Waals surface area contributed by atoms with E-state index in [2.05, 4.69) is 0 Å². The van der Waals surface area contributed by atoms with Gasteiger partial charge in [0.2, 0.25) is 0 Å². The third-order valence-corrected chi connectivity index (χ3v) is 3.58. The van der Waals surface area contributed by atoms with Crippen LogP contribution in [0.1, 0.15) is 10.4 Å². The van der Waals surface area contributed by atoms with Gasteiger partial charge in [-0.15, -0.1) is 11.8 Å². The van der Waals surface area contributed by atoms with E-state index in [4.69, 9.17) is 9.84 Å². The number of aromatic carboxylic acids is 1. The minimum Gasteiger partial charge on any atom is -0.493 e. The maximum atomic E-state index is 13.4. The van der Waals surface area contributed by atoms with E-state index in [1.54, 1.807) is 12.1 Å². The summed E-state index contributed by atoms with van der Waals surface area (Å²) in [7, 11) is 0. The molecular formula is C15H12F2O3S. The first-order valence-corrected chi connectivity index (χ1v) is 7.09. The van der Waals surface area contributed by atoms with E-state index in [0.717, 1.165) is 30.0 Å². The normalized spacial score (nSPS) is 10.4. The molecule has 6 heteroatoms. The molecule has 110 valence electrons. The standard InChI is InChI=1S/C15H12F2O3S/c16-11-4-5-13(17)14(9-11)21-7-6-20-12-3-1-2-10(8-12)15(18)19/h1-5,8-9H,6-7H2,(H,18,19). The molecule has 0 aromatic heterocycles. The molecular weight excluding hydrogens is 298 g/mol. The molecule has 1 N–H and O–H groups in total. The molecule has 0 radical (unpaired) electrons. The van der Waals surface area contributed by atoms with Gasteiger partial charge in [0, 0.05) is 10.6 Å². The summed E-state index contributed by atoms with van der Waals surface area (Å²) in [5, 5.41) is 8.85. The van der Waals surface area contributed by atoms with Crippen molar-refractivity contribution in [2.45, 2.75) is 4.90 Å². The predicted molar refractivity (Wildman–Crippen MR) is 76.0 cm³/mol. The maximum absolute atomic E-state index is 13.4. The van der Waals surface area contributed by atoms with E-state index >= 15 is 0 Å². The van der Waals surface area contributed by atoms with E-state index < -0.39 is 17.6 Å². The molecule has 21 heavy (non-hydrogen) atoms. The van der Waals surface area contributed by atoms with E-state index in [0.29, 0.717) is 11.5 Å². The topological polar surface area (TPSA) is 46.5 Å². The van der Waals surface area contributed by atoms with Gasteiger partial charge in [-0.05, 0) is 36.4 Å². The van der Waals surface area contributed by atoms with Crippen LogP contribution in [-0.2, 0) is 0 Å². The first-order valence-electron chi connectivity index (χ1n) is 6.10. The Hall–Kier alpha value is -2.08. The van der Waals surface area contributed by atoms with E-state index in [1.807, 2.05) is 0 Å². The van der Waals surface area contributed by atoms with Gasteiger partial charge in [0.15, 0.2) is 0 Å². The molecule has 2 aromatic rings. The zero-order valence-electron chi connectivity index (χ0n) is 10.9. The summed E-state index contributed by atoms with van der Waals surface area (Å²) in [4.78, 5) is 11.0. The number of carboxylic acid groups (broad SMARTS) is 1. The number of benzene rings is 2. The largest absolute Gasteiger partial charge is 0.493 e. The average molecular weight is 310 g/mol. The monoisotopic (exact) mass is 310 g/mol. The van der Waals surface area contributed by atoms with Crippen molar-refractivity contribution < 1.29 is 23.4 Å². The molecule has 0 bridgehead atoms. The SMILES string of the molecule is O=C(O)c1cccc(OCCSc2cc(F)ccc2F)c1. The molecule has 2 rings (SSSR count). The molecule has 0 aliphatic rings. The fraction of sp³-hybridized carbons (Fsp3) is 0.133. The number of ether oxygens (including phenoxy) is 1. The molecule has 0 saturated heterocycles. The van der Waals surface area contributed by atoms with Gasteiger partial charge in [0.25, 0.3) is 0 Å². The molecule has 0 atom stereocenters. The van der Waals surface area contributed by atoms with Crippen LogP contribution in [0.4, 0.5) is 8.78 Å². The first kappa shape index (κ1) is 15.3. The fourth-order valence-electron chi connectivity index (χ4n) is 1.62. The number of carboxylic acids is 1. The highest BCUT2D eigenvalue weighted by molar-refractivity contribution is 7.99. The van der Waals surface area contributed by atoms with Gasteiger partial charge in [-0.2, -0.15) is 0 Å². The third-order valence-electron chi connectivity index (χ3n) is 2.58. The number of rotatable bonds is 6. The molecule has 0 heterocycles. The van der Waals surface area contributed by atoms with Crippen LogP contribution in [0.3, 0.4) is 0 Å². The smallest absolute Gasteiger partial charge is 0.335 e. The summed E-state index contributed by atoms with van der Waals surface area (Å²) in [6, 6.07) is 9.37. The van der Waals surface area contributed by atoms with E-state index in [-0.39, 0.29) is 17.1 Å². The molecule has 0 saturated carbocycles. The van der Waals surface area contributed by atoms with Gasteiger partial charge in [0.05, 0.1) is 12.2 Å². The summed E-state index contributed by atoms with van der Waals surface area (Å²) in [6.45, 7) is 0.254. The Balaban J connectivity index is 1.86. The van der Waals surface area contributed by atoms with Crippen LogP contribution in [-0.4, -0.2) is 23.4 Å². The van der Waals surface area contributed by atoms with Gasteiger partial charge in [0.1, 0.15) is 17.4 Å². The lowest BCUT2D eigenvalue weighted by Crippen LogP contribution is -2.02. The summed E-state index contributed by atoms with van der Waals surface area (Å²) in [6.07, 6.45) is 0. The Morgan fingerprint density at radius 3 is 2.76 bits per heavy atom. The van der Waals surface area contributed by atoms with Crippen LogP contribution in [0.25, 0.3) is 0 Å². The lowest BCUT2D eigenvalue weighted by molar-refractivity contribution is 0.0696. The van der Waals surface area contributed by atoms with Gasteiger partial charge < -0.3 is 9.84 Å². The molecule has 0 unspecified atom stereocenters. The molecule has 0 aliphatic carbocycles. The van der Waals surface area contributed by atoms with Crippen molar-refractivity contribution in [3.8, 4) is 5.75 Å². The zero-order valence-corrected chi connectivity index (χ0v) is 11.7. The first-order chi connectivity index (χ1) is 10.1. The van der Waals surface area contributed by atoms with Crippen LogP contribution in [0.15, 0.2) is 47.4 Å². The number of carbonyl (C=O) groups is 1. The van der Waals surface area contributed by atoms with Crippen LogP contribution in [0, 0.1) is 11.6 Å². The number of hydrogen-bond acceptors (Lipinski definition) is 3. The minimum atomic E-state index is -1.03. The minimum absolute atomic E-state index is 0.135. The van der Waals surface area contributed by atoms with Gasteiger partial charge >= 0.3 is 5.97 Å². The molecule has 0 spiro atoms. The third kappa shape index (κ3) is 4.46. The molecule has 0 aliphatic heterocycles. The van der Waals surface area contributed by atoms with Crippen molar-refractivity contribution in [1.82, 2.24) is 0 Å². The van der Waals surface area contributed by atoms with Crippen molar-refractivity contribution in [2.75, 3.05) is 12.4 Å². The van der Waals surface area contributed by atoms with Crippen molar-refractivity contribution in [3.05, 3.63) is 59.7 Å². The van der Waals surface area contributed by atoms with E-state index in [9.17, 15) is 13.6 Å².